The fourth-order valence-corrected chi connectivity index (χ4v) is 7.96. The van der Waals surface area contributed by atoms with Gasteiger partial charge in [-0.05, 0) is 85.8 Å². The van der Waals surface area contributed by atoms with E-state index in [1.54, 1.807) is 53.6 Å². The first-order valence-corrected chi connectivity index (χ1v) is 24.4. The van der Waals surface area contributed by atoms with Crippen molar-refractivity contribution in [2.24, 2.45) is 11.7 Å². The second-order valence-corrected chi connectivity index (χ2v) is 18.2. The van der Waals surface area contributed by atoms with Gasteiger partial charge in [-0.15, -0.1) is 0 Å². The van der Waals surface area contributed by atoms with E-state index in [0.29, 0.717) is 73.4 Å². The van der Waals surface area contributed by atoms with Crippen molar-refractivity contribution in [2.75, 3.05) is 30.7 Å². The van der Waals surface area contributed by atoms with E-state index in [-0.39, 0.29) is 74.0 Å². The maximum absolute atomic E-state index is 13.7. The molecule has 1 aliphatic carbocycles. The Bertz CT molecular complexity index is 2640. The number of nitriles is 1. The predicted molar refractivity (Wildman–Crippen MR) is 266 cm³/mol. The molecule has 6 rings (SSSR count). The molecule has 21 heteroatoms. The Morgan fingerprint density at radius 2 is 1.58 bits per heavy atom. The number of aromatic nitrogens is 3. The smallest absolute Gasteiger partial charge is 0.410 e. The van der Waals surface area contributed by atoms with E-state index in [1.807, 2.05) is 24.3 Å². The molecule has 0 bridgehead atoms. The van der Waals surface area contributed by atoms with Crippen molar-refractivity contribution in [3.63, 3.8) is 0 Å². The number of carbonyl (C=O) groups excluding carboxylic acids is 7. The van der Waals surface area contributed by atoms with Gasteiger partial charge in [0.15, 0.2) is 5.65 Å². The molecule has 2 aromatic carbocycles. The van der Waals surface area contributed by atoms with Gasteiger partial charge in [-0.1, -0.05) is 70.0 Å². The molecule has 1 fully saturated rings. The molecule has 21 nitrogen and oxygen atoms in total. The molecule has 2 aliphatic rings. The van der Waals surface area contributed by atoms with Crippen molar-refractivity contribution in [2.45, 2.75) is 123 Å². The van der Waals surface area contributed by atoms with E-state index in [9.17, 15) is 38.8 Å². The van der Waals surface area contributed by atoms with Gasteiger partial charge in [0, 0.05) is 49.9 Å². The molecule has 0 radical (unpaired) electrons. The fourth-order valence-electron chi connectivity index (χ4n) is 7.96. The largest absolute Gasteiger partial charge is 0.463 e. The molecule has 4 aromatic rings. The highest BCUT2D eigenvalue weighted by Crippen LogP contribution is 2.30. The van der Waals surface area contributed by atoms with Crippen LogP contribution in [0, 0.1) is 17.2 Å². The van der Waals surface area contributed by atoms with Gasteiger partial charge in [-0.2, -0.15) is 15.2 Å². The third kappa shape index (κ3) is 15.2. The van der Waals surface area contributed by atoms with E-state index >= 15 is 0 Å². The van der Waals surface area contributed by atoms with Gasteiger partial charge in [-0.25, -0.2) is 9.59 Å². The number of nitrogens with two attached hydrogens (primary N) is 2. The number of imide groups is 1. The minimum absolute atomic E-state index is 0.0209. The van der Waals surface area contributed by atoms with Gasteiger partial charge in [0.1, 0.15) is 36.3 Å². The number of fused-ring (bicyclic) bond motifs is 1. The Balaban J connectivity index is 0.998. The van der Waals surface area contributed by atoms with Crippen LogP contribution in [0.25, 0.3) is 11.0 Å². The van der Waals surface area contributed by atoms with Crippen LogP contribution in [0.4, 0.5) is 21.1 Å². The van der Waals surface area contributed by atoms with Gasteiger partial charge < -0.3 is 51.7 Å². The maximum Gasteiger partial charge on any atom is 0.410 e. The van der Waals surface area contributed by atoms with Crippen molar-refractivity contribution in [1.29, 1.82) is 5.26 Å². The molecular weight excluding hydrogens is 925 g/mol. The van der Waals surface area contributed by atoms with Crippen LogP contribution in [0.1, 0.15) is 107 Å². The molecule has 0 spiro atoms. The van der Waals surface area contributed by atoms with Gasteiger partial charge in [0.25, 0.3) is 11.8 Å². The highest BCUT2D eigenvalue weighted by molar-refractivity contribution is 6.12. The molecule has 382 valence electrons. The number of nitrogens with one attached hydrogen (secondary N) is 4. The highest BCUT2D eigenvalue weighted by atomic mass is 16.6. The van der Waals surface area contributed by atoms with Crippen molar-refractivity contribution in [3.05, 3.63) is 89.1 Å². The zero-order valence-corrected chi connectivity index (χ0v) is 41.0. The zero-order chi connectivity index (χ0) is 51.7. The minimum Gasteiger partial charge on any atom is -0.463 e. The lowest BCUT2D eigenvalue weighted by Crippen LogP contribution is -2.54. The summed E-state index contributed by atoms with van der Waals surface area (Å²) < 4.78 is 13.3. The van der Waals surface area contributed by atoms with Crippen molar-refractivity contribution >= 4 is 64.2 Å². The SMILES string of the molecule is CCCCOc1nc(N)c2cc(C#N)n(Cc3ccc(CN(C(=O)OCc4ccc(NC(=O)[C@H](CCCNC(N)=O)NC(=O)[C@@H](NC(=O)CCCCCN5C(=O)C=CC5=O)C(C)C)cc4)C4CC4)cc3)c2n1. The molecule has 2 atom stereocenters. The van der Waals surface area contributed by atoms with Crippen molar-refractivity contribution in [3.8, 4) is 12.1 Å². The number of ether oxygens (including phenoxy) is 2. The quantitative estimate of drug-likeness (QED) is 0.0342. The highest BCUT2D eigenvalue weighted by Gasteiger charge is 2.34. The molecule has 0 unspecified atom stereocenters. The fraction of sp³-hybridized carbons (Fsp3) is 0.451. The average Bonchev–Trinajstić information content (AvgIpc) is 4.07. The number of carbonyl (C=O) groups is 7. The van der Waals surface area contributed by atoms with Gasteiger partial charge in [-0.3, -0.25) is 28.9 Å². The Hall–Kier alpha value is -8.02. The van der Waals surface area contributed by atoms with Crippen LogP contribution in [0.5, 0.6) is 6.01 Å². The topological polar surface area (TPSA) is 299 Å². The number of hydrogen-bond donors (Lipinski definition) is 6. The van der Waals surface area contributed by atoms with E-state index in [4.69, 9.17) is 20.9 Å². The molecule has 1 aliphatic heterocycles. The Kier molecular flexibility index (Phi) is 19.1. The standard InChI is InChI=1S/C51H64N12O9/c1-4-5-26-71-50-59-45(53)39-27-38(28-52)62(46(39)60-50)29-33-12-14-34(15-13-33)30-63(37-20-21-37)51(70)72-31-35-16-18-36(19-17-35)56-47(67)40(10-9-24-55-49(54)69)57-48(68)44(32(2)3)58-41(64)11-7-6-8-25-61-42(65)22-23-43(61)66/h12-19,22-23,27,32,37,40,44H,4-11,20-21,24-26,29-31H2,1-3H3,(H,56,67)(H,57,68)(H,58,64)(H2,53,59,60)(H3,54,55,69)/t40-,44-/m0/s1. The molecule has 2 aromatic heterocycles. The lowest BCUT2D eigenvalue weighted by molar-refractivity contribution is -0.137. The van der Waals surface area contributed by atoms with Crippen LogP contribution in [-0.2, 0) is 48.4 Å². The Labute approximate surface area is 418 Å². The molecule has 0 saturated heterocycles. The molecular formula is C51H64N12O9. The Morgan fingerprint density at radius 3 is 2.24 bits per heavy atom. The van der Waals surface area contributed by atoms with Gasteiger partial charge in [0.05, 0.1) is 18.5 Å². The number of amides is 8. The molecule has 8 N–H and O–H groups in total. The first-order chi connectivity index (χ1) is 34.6. The third-order valence-electron chi connectivity index (χ3n) is 12.2. The van der Waals surface area contributed by atoms with Gasteiger partial charge in [0.2, 0.25) is 17.7 Å². The number of nitrogens with zero attached hydrogens (tertiary/aromatic N) is 6. The summed E-state index contributed by atoms with van der Waals surface area (Å²) in [6.45, 7) is 7.13. The normalized spacial score (nSPS) is 13.9. The van der Waals surface area contributed by atoms with Crippen molar-refractivity contribution < 1.29 is 43.0 Å². The summed E-state index contributed by atoms with van der Waals surface area (Å²) in [4.78, 5) is 100. The molecule has 3 heterocycles. The number of primary amides is 1. The summed E-state index contributed by atoms with van der Waals surface area (Å²) in [5, 5.41) is 21.3. The number of nitrogen functional groups attached to an aromatic ring is 1. The predicted octanol–water partition coefficient (Wildman–Crippen LogP) is 4.91. The average molecular weight is 989 g/mol. The van der Waals surface area contributed by atoms with Crippen LogP contribution in [0.15, 0.2) is 66.7 Å². The Morgan fingerprint density at radius 1 is 0.889 bits per heavy atom. The number of rotatable bonds is 27. The minimum atomic E-state index is -1.05. The monoisotopic (exact) mass is 988 g/mol. The van der Waals surface area contributed by atoms with Crippen molar-refractivity contribution in [1.82, 2.24) is 40.3 Å². The number of unbranched alkanes of at least 4 members (excludes halogenated alkanes) is 3. The summed E-state index contributed by atoms with van der Waals surface area (Å²) >= 11 is 0. The number of urea groups is 1. The summed E-state index contributed by atoms with van der Waals surface area (Å²) in [5.74, 6) is -2.25. The first-order valence-electron chi connectivity index (χ1n) is 24.4. The summed E-state index contributed by atoms with van der Waals surface area (Å²) in [6, 6.07) is 15.9. The lowest BCUT2D eigenvalue weighted by atomic mass is 10.0. The third-order valence-corrected chi connectivity index (χ3v) is 12.2. The summed E-state index contributed by atoms with van der Waals surface area (Å²) in [5.41, 5.74) is 15.2. The zero-order valence-electron chi connectivity index (χ0n) is 41.0. The maximum atomic E-state index is 13.7. The number of benzene rings is 2. The summed E-state index contributed by atoms with van der Waals surface area (Å²) in [6.07, 6.45) is 7.65. The number of hydrogen-bond acceptors (Lipinski definition) is 13. The van der Waals surface area contributed by atoms with Crippen LogP contribution in [0.3, 0.4) is 0 Å². The molecule has 72 heavy (non-hydrogen) atoms. The second-order valence-electron chi connectivity index (χ2n) is 18.2. The van der Waals surface area contributed by atoms with Crippen LogP contribution < -0.4 is 37.5 Å². The van der Waals surface area contributed by atoms with E-state index in [2.05, 4.69) is 44.2 Å². The summed E-state index contributed by atoms with van der Waals surface area (Å²) in [7, 11) is 0. The second kappa shape index (κ2) is 25.7. The van der Waals surface area contributed by atoms with Crippen LogP contribution >= 0.6 is 0 Å². The number of anilines is 2. The molecule has 8 amide bonds. The van der Waals surface area contributed by atoms with E-state index in [1.165, 1.54) is 12.2 Å². The van der Waals surface area contributed by atoms with Gasteiger partial charge >= 0.3 is 18.1 Å². The van der Waals surface area contributed by atoms with E-state index in [0.717, 1.165) is 41.7 Å². The molecule has 1 saturated carbocycles. The first kappa shape index (κ1) is 53.3. The lowest BCUT2D eigenvalue weighted by Gasteiger charge is -2.25. The van der Waals surface area contributed by atoms with Crippen LogP contribution in [0.2, 0.25) is 0 Å². The van der Waals surface area contributed by atoms with Crippen LogP contribution in [-0.4, -0.2) is 104 Å². The van der Waals surface area contributed by atoms with E-state index < -0.39 is 36.0 Å².